The molecule has 1 unspecified atom stereocenters. The van der Waals surface area contributed by atoms with E-state index in [0.29, 0.717) is 11.6 Å². The number of hydrogen-bond donors (Lipinski definition) is 1. The van der Waals surface area contributed by atoms with E-state index in [9.17, 15) is 0 Å². The van der Waals surface area contributed by atoms with Gasteiger partial charge in [-0.25, -0.2) is 0 Å². The largest absolute Gasteiger partial charge is 0.311 e. The Kier molecular flexibility index (Phi) is 4.32. The highest BCUT2D eigenvalue weighted by Gasteiger charge is 2.47. The minimum absolute atomic E-state index is 0.360. The van der Waals surface area contributed by atoms with E-state index < -0.39 is 0 Å². The van der Waals surface area contributed by atoms with Crippen LogP contribution >= 0.6 is 27.3 Å². The maximum Gasteiger partial charge on any atom is 0.0610 e. The van der Waals surface area contributed by atoms with Gasteiger partial charge in [0.2, 0.25) is 0 Å². The lowest BCUT2D eigenvalue weighted by Crippen LogP contribution is -2.53. The fourth-order valence-electron chi connectivity index (χ4n) is 4.09. The van der Waals surface area contributed by atoms with Crippen molar-refractivity contribution in [2.45, 2.75) is 50.1 Å². The molecule has 1 saturated carbocycles. The second kappa shape index (κ2) is 5.84. The van der Waals surface area contributed by atoms with Crippen molar-refractivity contribution in [1.82, 2.24) is 10.2 Å². The molecule has 4 heteroatoms. The molecule has 2 fully saturated rings. The normalized spacial score (nSPS) is 24.9. The van der Waals surface area contributed by atoms with Crippen LogP contribution < -0.4 is 5.32 Å². The van der Waals surface area contributed by atoms with Crippen LogP contribution in [-0.2, 0) is 0 Å². The topological polar surface area (TPSA) is 15.3 Å². The first-order valence-electron chi connectivity index (χ1n) is 7.43. The van der Waals surface area contributed by atoms with Crippen molar-refractivity contribution < 1.29 is 0 Å². The Labute approximate surface area is 128 Å². The quantitative estimate of drug-likeness (QED) is 0.882. The van der Waals surface area contributed by atoms with Crippen LogP contribution in [0.5, 0.6) is 0 Å². The van der Waals surface area contributed by atoms with Crippen molar-refractivity contribution in [3.63, 3.8) is 0 Å². The first-order valence-corrected chi connectivity index (χ1v) is 9.10. The number of hydrogen-bond acceptors (Lipinski definition) is 3. The van der Waals surface area contributed by atoms with Gasteiger partial charge < -0.3 is 5.32 Å². The molecule has 1 aromatic rings. The van der Waals surface area contributed by atoms with Gasteiger partial charge in [0.25, 0.3) is 0 Å². The van der Waals surface area contributed by atoms with Crippen LogP contribution in [0.15, 0.2) is 15.9 Å². The molecule has 0 amide bonds. The molecule has 19 heavy (non-hydrogen) atoms. The number of nitrogens with zero attached hydrogens (tertiary/aromatic N) is 1. The molecule has 1 saturated heterocycles. The van der Waals surface area contributed by atoms with Gasteiger partial charge in [0.05, 0.1) is 6.04 Å². The lowest BCUT2D eigenvalue weighted by atomic mass is 9.85. The fraction of sp³-hybridized carbons (Fsp3) is 0.733. The average Bonchev–Trinajstić information content (AvgIpc) is 3.12. The highest BCUT2D eigenvalue weighted by atomic mass is 79.9. The van der Waals surface area contributed by atoms with E-state index in [-0.39, 0.29) is 0 Å². The summed E-state index contributed by atoms with van der Waals surface area (Å²) in [6.45, 7) is 2.59. The molecule has 2 heterocycles. The first-order chi connectivity index (χ1) is 9.28. The smallest absolute Gasteiger partial charge is 0.0610 e. The molecular formula is C15H23BrN2S. The van der Waals surface area contributed by atoms with Crippen molar-refractivity contribution in [1.29, 1.82) is 0 Å². The third-order valence-electron chi connectivity index (χ3n) is 4.94. The first kappa shape index (κ1) is 14.1. The Morgan fingerprint density at radius 1 is 1.26 bits per heavy atom. The van der Waals surface area contributed by atoms with Crippen LogP contribution in [-0.4, -0.2) is 30.6 Å². The summed E-state index contributed by atoms with van der Waals surface area (Å²) in [7, 11) is 2.13. The van der Waals surface area contributed by atoms with Gasteiger partial charge in [-0.2, -0.15) is 0 Å². The molecule has 1 atom stereocenters. The van der Waals surface area contributed by atoms with E-state index in [2.05, 4.69) is 44.6 Å². The highest BCUT2D eigenvalue weighted by Crippen LogP contribution is 2.48. The van der Waals surface area contributed by atoms with Crippen molar-refractivity contribution >= 4 is 27.3 Å². The van der Waals surface area contributed by atoms with E-state index >= 15 is 0 Å². The lowest BCUT2D eigenvalue weighted by molar-refractivity contribution is 0.0808. The van der Waals surface area contributed by atoms with Crippen LogP contribution in [0.25, 0.3) is 0 Å². The lowest BCUT2D eigenvalue weighted by Gasteiger charge is -2.45. The zero-order valence-electron chi connectivity index (χ0n) is 11.6. The zero-order chi connectivity index (χ0) is 13.3. The Hall–Kier alpha value is 0.1000. The minimum atomic E-state index is 0.360. The predicted molar refractivity (Wildman–Crippen MR) is 85.8 cm³/mol. The Morgan fingerprint density at radius 3 is 2.47 bits per heavy atom. The van der Waals surface area contributed by atoms with Gasteiger partial charge in [0, 0.05) is 14.9 Å². The van der Waals surface area contributed by atoms with Gasteiger partial charge in [0.15, 0.2) is 0 Å². The third-order valence-corrected chi connectivity index (χ3v) is 6.87. The standard InChI is InChI=1S/C15H23BrN2S/c1-17-14(13-12(16)6-11-19-13)15(7-2-3-8-15)18-9-4-5-10-18/h6,11,14,17H,2-5,7-10H2,1H3. The van der Waals surface area contributed by atoms with E-state index in [1.807, 2.05) is 11.3 Å². The molecule has 2 nitrogen and oxygen atoms in total. The summed E-state index contributed by atoms with van der Waals surface area (Å²) in [5, 5.41) is 5.85. The van der Waals surface area contributed by atoms with Crippen molar-refractivity contribution in [2.24, 2.45) is 0 Å². The summed E-state index contributed by atoms with van der Waals surface area (Å²) in [5.41, 5.74) is 0.360. The summed E-state index contributed by atoms with van der Waals surface area (Å²) < 4.78 is 1.28. The molecule has 1 aliphatic heterocycles. The van der Waals surface area contributed by atoms with Crippen LogP contribution in [0.1, 0.15) is 49.4 Å². The van der Waals surface area contributed by atoms with E-state index in [1.165, 1.54) is 61.0 Å². The molecule has 0 spiro atoms. The minimum Gasteiger partial charge on any atom is -0.311 e. The van der Waals surface area contributed by atoms with E-state index in [1.54, 1.807) is 0 Å². The van der Waals surface area contributed by atoms with Crippen LogP contribution in [0.4, 0.5) is 0 Å². The SMILES string of the molecule is CNC(c1sccc1Br)C1(N2CCCC2)CCCC1. The molecule has 106 valence electrons. The summed E-state index contributed by atoms with van der Waals surface area (Å²) in [4.78, 5) is 4.27. The number of likely N-dealkylation sites (tertiary alicyclic amines) is 1. The Bertz CT molecular complexity index is 420. The van der Waals surface area contributed by atoms with Crippen molar-refractivity contribution in [2.75, 3.05) is 20.1 Å². The average molecular weight is 343 g/mol. The third kappa shape index (κ3) is 2.41. The summed E-state index contributed by atoms with van der Waals surface area (Å²) in [6, 6.07) is 2.67. The molecule has 1 aliphatic carbocycles. The monoisotopic (exact) mass is 342 g/mol. The molecular weight excluding hydrogens is 320 g/mol. The van der Waals surface area contributed by atoms with Crippen molar-refractivity contribution in [3.05, 3.63) is 20.8 Å². The van der Waals surface area contributed by atoms with E-state index in [4.69, 9.17) is 0 Å². The van der Waals surface area contributed by atoms with Gasteiger partial charge in [-0.3, -0.25) is 4.90 Å². The molecule has 1 aromatic heterocycles. The van der Waals surface area contributed by atoms with Crippen LogP contribution in [0, 0.1) is 0 Å². The summed E-state index contributed by atoms with van der Waals surface area (Å²) >= 11 is 5.63. The van der Waals surface area contributed by atoms with Crippen LogP contribution in [0.2, 0.25) is 0 Å². The molecule has 2 aliphatic rings. The molecule has 0 aromatic carbocycles. The second-order valence-corrected chi connectivity index (χ2v) is 7.66. The van der Waals surface area contributed by atoms with Gasteiger partial charge in [-0.15, -0.1) is 11.3 Å². The predicted octanol–water partition coefficient (Wildman–Crippen LogP) is 4.18. The second-order valence-electron chi connectivity index (χ2n) is 5.86. The van der Waals surface area contributed by atoms with Gasteiger partial charge in [-0.05, 0) is 73.2 Å². The maximum atomic E-state index is 3.74. The highest BCUT2D eigenvalue weighted by molar-refractivity contribution is 9.10. The number of thiophene rings is 1. The number of rotatable bonds is 4. The zero-order valence-corrected chi connectivity index (χ0v) is 14.0. The summed E-state index contributed by atoms with van der Waals surface area (Å²) in [6.07, 6.45) is 8.23. The molecule has 0 bridgehead atoms. The number of likely N-dealkylation sites (N-methyl/N-ethyl adjacent to an activating group) is 1. The van der Waals surface area contributed by atoms with Crippen LogP contribution in [0.3, 0.4) is 0 Å². The number of nitrogens with one attached hydrogen (secondary N) is 1. The number of halogens is 1. The van der Waals surface area contributed by atoms with Gasteiger partial charge in [0.1, 0.15) is 0 Å². The van der Waals surface area contributed by atoms with Gasteiger partial charge in [-0.1, -0.05) is 12.8 Å². The molecule has 3 rings (SSSR count). The Balaban J connectivity index is 1.95. The molecule has 1 N–H and O–H groups in total. The maximum absolute atomic E-state index is 3.74. The van der Waals surface area contributed by atoms with E-state index in [0.717, 1.165) is 0 Å². The molecule has 0 radical (unpaired) electrons. The fourth-order valence-corrected chi connectivity index (χ4v) is 5.91. The Morgan fingerprint density at radius 2 is 1.95 bits per heavy atom. The summed E-state index contributed by atoms with van der Waals surface area (Å²) in [5.74, 6) is 0. The van der Waals surface area contributed by atoms with Crippen molar-refractivity contribution in [3.8, 4) is 0 Å². The van der Waals surface area contributed by atoms with Gasteiger partial charge >= 0.3 is 0 Å².